The number of halogens is 1. The molecule has 0 atom stereocenters. The van der Waals surface area contributed by atoms with E-state index in [2.05, 4.69) is 10.3 Å². The number of hydrogen-bond acceptors (Lipinski definition) is 5. The van der Waals surface area contributed by atoms with Gasteiger partial charge in [0.05, 0.1) is 11.1 Å². The van der Waals surface area contributed by atoms with Gasteiger partial charge in [0.15, 0.2) is 11.6 Å². The van der Waals surface area contributed by atoms with Crippen molar-refractivity contribution in [2.45, 2.75) is 50.5 Å². The summed E-state index contributed by atoms with van der Waals surface area (Å²) in [7, 11) is 0. The third-order valence-electron chi connectivity index (χ3n) is 5.11. The van der Waals surface area contributed by atoms with Crippen LogP contribution >= 0.6 is 11.6 Å². The monoisotopic (exact) mass is 390 g/mol. The second-order valence-corrected chi connectivity index (χ2v) is 7.49. The molecular formula is C20H23ClN2O4. The predicted molar refractivity (Wildman–Crippen MR) is 102 cm³/mol. The van der Waals surface area contributed by atoms with Crippen LogP contribution in [0, 0.1) is 0 Å². The molecule has 1 saturated heterocycles. The Morgan fingerprint density at radius 2 is 1.96 bits per heavy atom. The van der Waals surface area contributed by atoms with Crippen LogP contribution in [0.5, 0.6) is 5.75 Å². The molecule has 6 nitrogen and oxygen atoms in total. The fourth-order valence-corrected chi connectivity index (χ4v) is 3.80. The second kappa shape index (κ2) is 8.31. The first-order valence-electron chi connectivity index (χ1n) is 9.50. The number of hydrogen-bond donors (Lipinski definition) is 1. The van der Waals surface area contributed by atoms with E-state index in [0.717, 1.165) is 25.7 Å². The van der Waals surface area contributed by atoms with E-state index < -0.39 is 0 Å². The Kier molecular flexibility index (Phi) is 5.64. The van der Waals surface area contributed by atoms with Gasteiger partial charge in [-0.25, -0.2) is 4.98 Å². The summed E-state index contributed by atoms with van der Waals surface area (Å²) in [6, 6.07) is 5.28. The minimum Gasteiger partial charge on any atom is -0.489 e. The van der Waals surface area contributed by atoms with Crippen LogP contribution in [-0.2, 0) is 4.74 Å². The van der Waals surface area contributed by atoms with Gasteiger partial charge in [0.1, 0.15) is 12.0 Å². The maximum atomic E-state index is 12.5. The number of carbonyl (C=O) groups is 1. The molecule has 2 heterocycles. The molecule has 27 heavy (non-hydrogen) atoms. The summed E-state index contributed by atoms with van der Waals surface area (Å²) in [5, 5.41) is 3.30. The number of ether oxygens (including phenoxy) is 2. The molecule has 7 heteroatoms. The van der Waals surface area contributed by atoms with Crippen LogP contribution in [0.2, 0.25) is 5.02 Å². The van der Waals surface area contributed by atoms with Gasteiger partial charge >= 0.3 is 0 Å². The maximum Gasteiger partial charge on any atom is 0.277 e. The van der Waals surface area contributed by atoms with Crippen LogP contribution in [0.1, 0.15) is 60.8 Å². The Bertz CT molecular complexity index is 795. The first-order chi connectivity index (χ1) is 13.2. The van der Waals surface area contributed by atoms with E-state index in [9.17, 15) is 4.79 Å². The Hall–Kier alpha value is -2.05. The third kappa shape index (κ3) is 4.45. The standard InChI is InChI=1S/C20H23ClN2O4/c21-16-11-14(5-6-18(16)27-15-3-1-2-4-15)22-19(24)17-12-26-20(23-17)13-7-9-25-10-8-13/h5-6,11-13,15H,1-4,7-10H2,(H,22,24). The molecule has 1 aromatic carbocycles. The number of anilines is 1. The average molecular weight is 391 g/mol. The van der Waals surface area contributed by atoms with E-state index in [1.807, 2.05) is 0 Å². The Balaban J connectivity index is 1.39. The molecule has 2 aromatic rings. The summed E-state index contributed by atoms with van der Waals surface area (Å²) in [6.45, 7) is 1.39. The molecule has 2 fully saturated rings. The van der Waals surface area contributed by atoms with Crippen molar-refractivity contribution in [2.75, 3.05) is 18.5 Å². The van der Waals surface area contributed by atoms with Crippen molar-refractivity contribution in [3.63, 3.8) is 0 Å². The van der Waals surface area contributed by atoms with Gasteiger partial charge in [-0.2, -0.15) is 0 Å². The zero-order valence-electron chi connectivity index (χ0n) is 15.1. The van der Waals surface area contributed by atoms with Crippen molar-refractivity contribution < 1.29 is 18.7 Å². The first-order valence-corrected chi connectivity index (χ1v) is 9.87. The minimum atomic E-state index is -0.322. The molecule has 1 N–H and O–H groups in total. The first kappa shape index (κ1) is 18.3. The summed E-state index contributed by atoms with van der Waals surface area (Å²) in [5.74, 6) is 1.14. The lowest BCUT2D eigenvalue weighted by molar-refractivity contribution is 0.0794. The molecule has 1 amide bonds. The lowest BCUT2D eigenvalue weighted by atomic mass is 10.0. The molecule has 0 unspecified atom stereocenters. The Labute approximate surface area is 163 Å². The van der Waals surface area contributed by atoms with E-state index in [4.69, 9.17) is 25.5 Å². The number of oxazole rings is 1. The van der Waals surface area contributed by atoms with Gasteiger partial charge in [0, 0.05) is 24.8 Å². The zero-order valence-corrected chi connectivity index (χ0v) is 15.8. The summed E-state index contributed by atoms with van der Waals surface area (Å²) < 4.78 is 16.8. The number of carbonyl (C=O) groups excluding carboxylic acids is 1. The largest absolute Gasteiger partial charge is 0.489 e. The van der Waals surface area contributed by atoms with E-state index >= 15 is 0 Å². The second-order valence-electron chi connectivity index (χ2n) is 7.08. The highest BCUT2D eigenvalue weighted by Crippen LogP contribution is 2.32. The summed E-state index contributed by atoms with van der Waals surface area (Å²) in [4.78, 5) is 16.8. The Morgan fingerprint density at radius 3 is 2.70 bits per heavy atom. The van der Waals surface area contributed by atoms with Crippen LogP contribution in [-0.4, -0.2) is 30.2 Å². The highest BCUT2D eigenvalue weighted by Gasteiger charge is 2.23. The van der Waals surface area contributed by atoms with Gasteiger partial charge < -0.3 is 19.2 Å². The van der Waals surface area contributed by atoms with E-state index in [0.29, 0.717) is 35.6 Å². The molecule has 1 aliphatic heterocycles. The van der Waals surface area contributed by atoms with Crippen molar-refractivity contribution in [3.05, 3.63) is 41.1 Å². The average Bonchev–Trinajstić information content (AvgIpc) is 3.37. The van der Waals surface area contributed by atoms with Gasteiger partial charge in [-0.05, 0) is 56.7 Å². The predicted octanol–water partition coefficient (Wildman–Crippen LogP) is 4.80. The molecular weight excluding hydrogens is 368 g/mol. The van der Waals surface area contributed by atoms with E-state index in [1.165, 1.54) is 19.1 Å². The number of rotatable bonds is 5. The molecule has 1 saturated carbocycles. The molecule has 2 aliphatic rings. The van der Waals surface area contributed by atoms with Crippen molar-refractivity contribution in [1.82, 2.24) is 4.98 Å². The number of amides is 1. The van der Waals surface area contributed by atoms with Crippen LogP contribution in [0.4, 0.5) is 5.69 Å². The quantitative estimate of drug-likeness (QED) is 0.794. The fourth-order valence-electron chi connectivity index (χ4n) is 3.58. The van der Waals surface area contributed by atoms with Crippen molar-refractivity contribution in [3.8, 4) is 5.75 Å². The SMILES string of the molecule is O=C(Nc1ccc(OC2CCCC2)c(Cl)c1)c1coc(C2CCOCC2)n1. The molecule has 1 aliphatic carbocycles. The van der Waals surface area contributed by atoms with Crippen molar-refractivity contribution >= 4 is 23.2 Å². The smallest absolute Gasteiger partial charge is 0.277 e. The van der Waals surface area contributed by atoms with Crippen LogP contribution in [0.3, 0.4) is 0 Å². The number of benzene rings is 1. The number of nitrogens with one attached hydrogen (secondary N) is 1. The molecule has 0 spiro atoms. The zero-order chi connectivity index (χ0) is 18.6. The highest BCUT2D eigenvalue weighted by molar-refractivity contribution is 6.32. The van der Waals surface area contributed by atoms with Gasteiger partial charge in [0.25, 0.3) is 5.91 Å². The lowest BCUT2D eigenvalue weighted by Gasteiger charge is -2.18. The van der Waals surface area contributed by atoms with Crippen LogP contribution < -0.4 is 10.1 Å². The summed E-state index contributed by atoms with van der Waals surface area (Å²) >= 11 is 6.32. The van der Waals surface area contributed by atoms with Crippen molar-refractivity contribution in [2.24, 2.45) is 0 Å². The van der Waals surface area contributed by atoms with Gasteiger partial charge in [-0.3, -0.25) is 4.79 Å². The molecule has 144 valence electrons. The highest BCUT2D eigenvalue weighted by atomic mass is 35.5. The fraction of sp³-hybridized carbons (Fsp3) is 0.500. The topological polar surface area (TPSA) is 73.6 Å². The molecule has 0 radical (unpaired) electrons. The third-order valence-corrected chi connectivity index (χ3v) is 5.41. The van der Waals surface area contributed by atoms with Crippen LogP contribution in [0.15, 0.2) is 28.9 Å². The van der Waals surface area contributed by atoms with Gasteiger partial charge in [0.2, 0.25) is 0 Å². The maximum absolute atomic E-state index is 12.5. The van der Waals surface area contributed by atoms with Crippen molar-refractivity contribution in [1.29, 1.82) is 0 Å². The molecule has 1 aromatic heterocycles. The van der Waals surface area contributed by atoms with E-state index in [1.54, 1.807) is 18.2 Å². The van der Waals surface area contributed by atoms with Gasteiger partial charge in [-0.15, -0.1) is 0 Å². The normalized spacial score (nSPS) is 18.6. The van der Waals surface area contributed by atoms with Gasteiger partial charge in [-0.1, -0.05) is 11.6 Å². The van der Waals surface area contributed by atoms with Crippen LogP contribution in [0.25, 0.3) is 0 Å². The number of aromatic nitrogens is 1. The minimum absolute atomic E-state index is 0.210. The Morgan fingerprint density at radius 1 is 1.19 bits per heavy atom. The van der Waals surface area contributed by atoms with E-state index in [-0.39, 0.29) is 23.6 Å². The molecule has 0 bridgehead atoms. The summed E-state index contributed by atoms with van der Waals surface area (Å²) in [5.41, 5.74) is 0.860. The lowest BCUT2D eigenvalue weighted by Crippen LogP contribution is -2.16. The molecule has 4 rings (SSSR count). The number of nitrogens with zero attached hydrogens (tertiary/aromatic N) is 1. The summed E-state index contributed by atoms with van der Waals surface area (Å²) in [6.07, 6.45) is 7.89.